The molecule has 0 atom stereocenters. The van der Waals surface area contributed by atoms with Crippen molar-refractivity contribution in [1.82, 2.24) is 5.32 Å². The van der Waals surface area contributed by atoms with Crippen molar-refractivity contribution in [2.45, 2.75) is 59.0 Å². The van der Waals surface area contributed by atoms with Gasteiger partial charge in [-0.15, -0.1) is 11.3 Å². The van der Waals surface area contributed by atoms with E-state index in [4.69, 9.17) is 5.73 Å². The Morgan fingerprint density at radius 2 is 1.73 bits per heavy atom. The molecule has 0 aliphatic carbocycles. The number of hydrogen-bond acceptors (Lipinski definition) is 5. The number of amides is 2. The van der Waals surface area contributed by atoms with E-state index in [1.807, 2.05) is 24.3 Å². The van der Waals surface area contributed by atoms with Crippen LogP contribution in [0.2, 0.25) is 0 Å². The summed E-state index contributed by atoms with van der Waals surface area (Å²) in [5.41, 5.74) is 8.25. The summed E-state index contributed by atoms with van der Waals surface area (Å²) in [6.45, 7) is 14.4. The minimum Gasteiger partial charge on any atom is -0.372 e. The van der Waals surface area contributed by atoms with Crippen molar-refractivity contribution < 1.29 is 9.59 Å². The third kappa shape index (κ3) is 4.23. The van der Waals surface area contributed by atoms with Gasteiger partial charge in [-0.25, -0.2) is 0 Å². The van der Waals surface area contributed by atoms with Crippen LogP contribution >= 0.6 is 11.3 Å². The molecule has 0 radical (unpaired) electrons. The lowest BCUT2D eigenvalue weighted by Crippen LogP contribution is -2.55. The van der Waals surface area contributed by atoms with Crippen LogP contribution in [0.4, 0.5) is 10.7 Å². The first-order valence-electron chi connectivity index (χ1n) is 10.4. The maximum Gasteiger partial charge on any atom is 0.256 e. The van der Waals surface area contributed by atoms with Crippen molar-refractivity contribution in [3.63, 3.8) is 0 Å². The molecule has 162 valence electrons. The Morgan fingerprint density at radius 3 is 2.27 bits per heavy atom. The summed E-state index contributed by atoms with van der Waals surface area (Å²) in [5.74, 6) is -0.750. The van der Waals surface area contributed by atoms with Crippen LogP contribution in [0.5, 0.6) is 0 Å². The average molecular weight is 429 g/mol. The van der Waals surface area contributed by atoms with Gasteiger partial charge in [0.2, 0.25) is 0 Å². The average Bonchev–Trinajstić information content (AvgIpc) is 3.00. The first-order valence-corrected chi connectivity index (χ1v) is 11.2. The van der Waals surface area contributed by atoms with E-state index in [1.54, 1.807) is 0 Å². The zero-order valence-corrected chi connectivity index (χ0v) is 19.5. The van der Waals surface area contributed by atoms with Gasteiger partial charge in [0.25, 0.3) is 11.8 Å². The fourth-order valence-corrected chi connectivity index (χ4v) is 5.74. The predicted molar refractivity (Wildman–Crippen MR) is 125 cm³/mol. The monoisotopic (exact) mass is 428 g/mol. The number of benzene rings is 1. The molecule has 30 heavy (non-hydrogen) atoms. The minimum absolute atomic E-state index is 0.177. The smallest absolute Gasteiger partial charge is 0.256 e. The number of anilines is 2. The summed E-state index contributed by atoms with van der Waals surface area (Å²) < 4.78 is 0. The topological polar surface area (TPSA) is 87.5 Å². The second kappa shape index (κ2) is 8.04. The molecule has 6 nitrogen and oxygen atoms in total. The molecule has 1 aromatic carbocycles. The molecule has 2 amide bonds. The molecule has 1 aromatic heterocycles. The molecule has 2 heterocycles. The molecule has 0 spiro atoms. The van der Waals surface area contributed by atoms with Gasteiger partial charge < -0.3 is 21.3 Å². The predicted octanol–water partition coefficient (Wildman–Crippen LogP) is 4.10. The third-order valence-corrected chi connectivity index (χ3v) is 7.05. The molecule has 1 aliphatic rings. The van der Waals surface area contributed by atoms with Gasteiger partial charge in [0.1, 0.15) is 5.00 Å². The molecule has 3 rings (SSSR count). The fourth-order valence-electron chi connectivity index (χ4n) is 4.46. The van der Waals surface area contributed by atoms with Crippen molar-refractivity contribution >= 4 is 33.8 Å². The molecule has 7 heteroatoms. The van der Waals surface area contributed by atoms with E-state index >= 15 is 0 Å². The number of carbonyl (C=O) groups is 2. The van der Waals surface area contributed by atoms with Crippen LogP contribution in [0.1, 0.15) is 72.7 Å². The Bertz CT molecular complexity index is 956. The van der Waals surface area contributed by atoms with Crippen LogP contribution in [0.25, 0.3) is 0 Å². The Labute approximate surface area is 182 Å². The molecule has 0 fully saturated rings. The molecular weight excluding hydrogens is 396 g/mol. The van der Waals surface area contributed by atoms with Gasteiger partial charge in [-0.2, -0.15) is 0 Å². The summed E-state index contributed by atoms with van der Waals surface area (Å²) in [6.07, 6.45) is 0.676. The van der Waals surface area contributed by atoms with E-state index in [1.165, 1.54) is 11.3 Å². The first-order chi connectivity index (χ1) is 14.0. The van der Waals surface area contributed by atoms with Gasteiger partial charge in [0, 0.05) is 40.3 Å². The maximum atomic E-state index is 12.9. The van der Waals surface area contributed by atoms with Crippen LogP contribution in [0, 0.1) is 0 Å². The van der Waals surface area contributed by atoms with Crippen molar-refractivity contribution in [2.24, 2.45) is 5.73 Å². The van der Waals surface area contributed by atoms with Crippen LogP contribution in [-0.2, 0) is 12.0 Å². The van der Waals surface area contributed by atoms with Crippen LogP contribution in [-0.4, -0.2) is 30.4 Å². The standard InChI is InChI=1S/C23H32N4O2S/c1-7-27(8-2)15-11-9-14(10-12-15)20(29)25-21-17(19(24)28)16-13-22(3,4)26-23(5,6)18(16)30-21/h9-12,26H,7-8,13H2,1-6H3,(H2,24,28)(H,25,29). The van der Waals surface area contributed by atoms with E-state index in [-0.39, 0.29) is 17.0 Å². The molecule has 0 bridgehead atoms. The normalized spacial score (nSPS) is 16.6. The highest BCUT2D eigenvalue weighted by molar-refractivity contribution is 7.17. The summed E-state index contributed by atoms with van der Waals surface area (Å²) >= 11 is 1.43. The van der Waals surface area contributed by atoms with E-state index in [0.717, 1.165) is 29.2 Å². The fraction of sp³-hybridized carbons (Fsp3) is 0.478. The zero-order valence-electron chi connectivity index (χ0n) is 18.7. The Hall–Kier alpha value is -2.38. The van der Waals surface area contributed by atoms with Gasteiger partial charge in [0.15, 0.2) is 0 Å². The molecule has 1 aliphatic heterocycles. The molecule has 2 aromatic rings. The Morgan fingerprint density at radius 1 is 1.13 bits per heavy atom. The van der Waals surface area contributed by atoms with E-state index < -0.39 is 5.91 Å². The second-order valence-corrected chi connectivity index (χ2v) is 9.98. The highest BCUT2D eigenvalue weighted by Crippen LogP contribution is 2.45. The summed E-state index contributed by atoms with van der Waals surface area (Å²) in [6, 6.07) is 7.53. The number of nitrogens with two attached hydrogens (primary N) is 1. The van der Waals surface area contributed by atoms with E-state index in [9.17, 15) is 9.59 Å². The number of primary amides is 1. The SMILES string of the molecule is CCN(CC)c1ccc(C(=O)Nc2sc3c(c2C(N)=O)CC(C)(C)NC3(C)C)cc1. The molecule has 0 saturated heterocycles. The number of fused-ring (bicyclic) bond motifs is 1. The lowest BCUT2D eigenvalue weighted by atomic mass is 9.81. The highest BCUT2D eigenvalue weighted by atomic mass is 32.1. The van der Waals surface area contributed by atoms with Crippen molar-refractivity contribution in [3.05, 3.63) is 45.8 Å². The highest BCUT2D eigenvalue weighted by Gasteiger charge is 2.41. The largest absolute Gasteiger partial charge is 0.372 e. The van der Waals surface area contributed by atoms with E-state index in [2.05, 4.69) is 57.1 Å². The van der Waals surface area contributed by atoms with Gasteiger partial charge in [-0.1, -0.05) is 0 Å². The van der Waals surface area contributed by atoms with Crippen molar-refractivity contribution in [1.29, 1.82) is 0 Å². The number of carbonyl (C=O) groups excluding carboxylic acids is 2. The molecule has 0 unspecified atom stereocenters. The Kier molecular flexibility index (Phi) is 5.98. The lowest BCUT2D eigenvalue weighted by molar-refractivity contribution is 0.0999. The number of hydrogen-bond donors (Lipinski definition) is 3. The van der Waals surface area contributed by atoms with Gasteiger partial charge >= 0.3 is 0 Å². The number of nitrogens with one attached hydrogen (secondary N) is 2. The van der Waals surface area contributed by atoms with Gasteiger partial charge in [0.05, 0.1) is 5.56 Å². The zero-order chi connectivity index (χ0) is 22.3. The molecule has 0 saturated carbocycles. The van der Waals surface area contributed by atoms with Crippen LogP contribution in [0.15, 0.2) is 24.3 Å². The molecule has 4 N–H and O–H groups in total. The summed E-state index contributed by atoms with van der Waals surface area (Å²) in [4.78, 5) is 28.5. The number of nitrogens with zero attached hydrogens (tertiary/aromatic N) is 1. The quantitative estimate of drug-likeness (QED) is 0.646. The lowest BCUT2D eigenvalue weighted by Gasteiger charge is -2.42. The first kappa shape index (κ1) is 22.3. The maximum absolute atomic E-state index is 12.9. The van der Waals surface area contributed by atoms with Gasteiger partial charge in [-0.3, -0.25) is 9.59 Å². The van der Waals surface area contributed by atoms with Gasteiger partial charge in [-0.05, 0) is 77.8 Å². The third-order valence-electron chi connectivity index (χ3n) is 5.58. The second-order valence-electron chi connectivity index (χ2n) is 8.96. The summed E-state index contributed by atoms with van der Waals surface area (Å²) in [7, 11) is 0. The van der Waals surface area contributed by atoms with Crippen molar-refractivity contribution in [3.8, 4) is 0 Å². The number of rotatable bonds is 6. The molecular formula is C23H32N4O2S. The van der Waals surface area contributed by atoms with E-state index in [0.29, 0.717) is 22.5 Å². The Balaban J connectivity index is 1.93. The van der Waals surface area contributed by atoms with Crippen LogP contribution in [0.3, 0.4) is 0 Å². The minimum atomic E-state index is -0.506. The van der Waals surface area contributed by atoms with Crippen LogP contribution < -0.4 is 21.3 Å². The summed E-state index contributed by atoms with van der Waals surface area (Å²) in [5, 5.41) is 7.09. The van der Waals surface area contributed by atoms with Crippen molar-refractivity contribution in [2.75, 3.05) is 23.3 Å². The number of thiophene rings is 1.